The first-order valence-electron chi connectivity index (χ1n) is 7.09. The molecule has 0 fully saturated rings. The normalized spacial score (nSPS) is 14.1. The van der Waals surface area contributed by atoms with Gasteiger partial charge in [-0.25, -0.2) is 0 Å². The fourth-order valence-electron chi connectivity index (χ4n) is 2.12. The number of aliphatic carboxylic acids is 1. The first-order chi connectivity index (χ1) is 8.99. The van der Waals surface area contributed by atoms with Crippen molar-refractivity contribution in [2.75, 3.05) is 0 Å². The molecule has 0 aliphatic rings. The van der Waals surface area contributed by atoms with Gasteiger partial charge in [0.05, 0.1) is 8.07 Å². The highest BCUT2D eigenvalue weighted by Crippen LogP contribution is 2.10. The molecule has 0 heterocycles. The summed E-state index contributed by atoms with van der Waals surface area (Å²) < 4.78 is 0. The number of nitrogens with one attached hydrogen (secondary N) is 1. The summed E-state index contributed by atoms with van der Waals surface area (Å²) in [5.74, 6) is -0.793. The lowest BCUT2D eigenvalue weighted by Crippen LogP contribution is -2.49. The van der Waals surface area contributed by atoms with Gasteiger partial charge in [-0.1, -0.05) is 49.1 Å². The zero-order valence-corrected chi connectivity index (χ0v) is 14.4. The van der Waals surface area contributed by atoms with Crippen molar-refractivity contribution >= 4 is 19.2 Å². The van der Waals surface area contributed by atoms with E-state index in [-0.39, 0.29) is 5.54 Å². The Morgan fingerprint density at radius 1 is 1.30 bits per heavy atom. The van der Waals surface area contributed by atoms with Gasteiger partial charge in [0.2, 0.25) is 0 Å². The van der Waals surface area contributed by atoms with Crippen LogP contribution in [0.15, 0.2) is 24.3 Å². The van der Waals surface area contributed by atoms with Gasteiger partial charge in [-0.15, -0.1) is 0 Å². The Labute approximate surface area is 123 Å². The Morgan fingerprint density at radius 2 is 1.90 bits per heavy atom. The average Bonchev–Trinajstić information content (AvgIpc) is 2.25. The van der Waals surface area contributed by atoms with Gasteiger partial charge < -0.3 is 5.11 Å². The molecule has 0 saturated carbocycles. The minimum Gasteiger partial charge on any atom is -0.480 e. The Morgan fingerprint density at radius 3 is 2.35 bits per heavy atom. The maximum atomic E-state index is 11.4. The van der Waals surface area contributed by atoms with Crippen molar-refractivity contribution in [3.8, 4) is 0 Å². The zero-order valence-electron chi connectivity index (χ0n) is 13.4. The molecule has 0 amide bonds. The second-order valence-corrected chi connectivity index (χ2v) is 12.5. The van der Waals surface area contributed by atoms with Gasteiger partial charge in [-0.2, -0.15) is 0 Å². The van der Waals surface area contributed by atoms with E-state index < -0.39 is 20.1 Å². The lowest BCUT2D eigenvalue weighted by molar-refractivity contribution is -0.140. The van der Waals surface area contributed by atoms with Crippen LogP contribution < -0.4 is 10.5 Å². The van der Waals surface area contributed by atoms with Crippen molar-refractivity contribution in [1.29, 1.82) is 0 Å². The number of hydrogen-bond donors (Lipinski definition) is 2. The van der Waals surface area contributed by atoms with E-state index in [1.54, 1.807) is 0 Å². The third-order valence-electron chi connectivity index (χ3n) is 3.14. The van der Waals surface area contributed by atoms with Gasteiger partial charge in [-0.05, 0) is 32.8 Å². The molecule has 0 unspecified atom stereocenters. The van der Waals surface area contributed by atoms with E-state index in [2.05, 4.69) is 37.1 Å². The monoisotopic (exact) mass is 293 g/mol. The molecule has 1 aromatic rings. The number of carbonyl (C=O) groups is 1. The number of benzene rings is 1. The standard InChI is InChI=1S/C16H27NO2Si/c1-16(2,3)17-14(15(18)19)11-12-8-7-9-13(10-12)20(4,5)6/h7-10,14,17H,11H2,1-6H3,(H,18,19)/t14-/m0/s1. The van der Waals surface area contributed by atoms with Crippen LogP contribution in [0.2, 0.25) is 19.6 Å². The van der Waals surface area contributed by atoms with E-state index in [0.717, 1.165) is 5.56 Å². The van der Waals surface area contributed by atoms with E-state index >= 15 is 0 Å². The fraction of sp³-hybridized carbons (Fsp3) is 0.562. The van der Waals surface area contributed by atoms with Gasteiger partial charge in [-0.3, -0.25) is 10.1 Å². The molecule has 0 radical (unpaired) electrons. The topological polar surface area (TPSA) is 49.3 Å². The van der Waals surface area contributed by atoms with Crippen molar-refractivity contribution in [1.82, 2.24) is 5.32 Å². The molecule has 0 aliphatic heterocycles. The molecule has 0 bridgehead atoms. The minimum absolute atomic E-state index is 0.209. The summed E-state index contributed by atoms with van der Waals surface area (Å²) in [6.45, 7) is 12.9. The van der Waals surface area contributed by atoms with Gasteiger partial charge in [0.15, 0.2) is 0 Å². The molecule has 1 atom stereocenters. The second-order valence-electron chi connectivity index (χ2n) is 7.44. The minimum atomic E-state index is -1.36. The predicted octanol–water partition coefficient (Wildman–Crippen LogP) is 2.62. The molecular weight excluding hydrogens is 266 g/mol. The summed E-state index contributed by atoms with van der Waals surface area (Å²) in [5, 5.41) is 13.9. The van der Waals surface area contributed by atoms with Crippen molar-refractivity contribution in [2.24, 2.45) is 0 Å². The zero-order chi connectivity index (χ0) is 15.6. The Hall–Kier alpha value is -1.13. The summed E-state index contributed by atoms with van der Waals surface area (Å²) in [6, 6.07) is 7.84. The lowest BCUT2D eigenvalue weighted by Gasteiger charge is -2.26. The average molecular weight is 293 g/mol. The van der Waals surface area contributed by atoms with Crippen molar-refractivity contribution in [3.05, 3.63) is 29.8 Å². The second kappa shape index (κ2) is 6.10. The van der Waals surface area contributed by atoms with Crippen LogP contribution in [0, 0.1) is 0 Å². The summed E-state index contributed by atoms with van der Waals surface area (Å²) in [5.41, 5.74) is 0.883. The summed E-state index contributed by atoms with van der Waals surface area (Å²) in [6.07, 6.45) is 0.519. The molecule has 112 valence electrons. The first kappa shape index (κ1) is 16.9. The molecule has 1 rings (SSSR count). The van der Waals surface area contributed by atoms with Gasteiger partial charge >= 0.3 is 5.97 Å². The smallest absolute Gasteiger partial charge is 0.321 e. The predicted molar refractivity (Wildman–Crippen MR) is 87.4 cm³/mol. The van der Waals surface area contributed by atoms with Crippen molar-refractivity contribution < 1.29 is 9.90 Å². The highest BCUT2D eigenvalue weighted by Gasteiger charge is 2.24. The van der Waals surface area contributed by atoms with Crippen LogP contribution in [0.1, 0.15) is 26.3 Å². The molecule has 4 heteroatoms. The van der Waals surface area contributed by atoms with Crippen LogP contribution in [-0.4, -0.2) is 30.7 Å². The van der Waals surface area contributed by atoms with Crippen LogP contribution in [-0.2, 0) is 11.2 Å². The van der Waals surface area contributed by atoms with E-state index in [0.29, 0.717) is 6.42 Å². The summed E-state index contributed by atoms with van der Waals surface area (Å²) in [7, 11) is -1.36. The Balaban J connectivity index is 2.92. The van der Waals surface area contributed by atoms with Crippen LogP contribution >= 0.6 is 0 Å². The maximum Gasteiger partial charge on any atom is 0.321 e. The SMILES string of the molecule is CC(C)(C)N[C@@H](Cc1cccc([Si](C)(C)C)c1)C(=O)O. The summed E-state index contributed by atoms with van der Waals surface area (Å²) >= 11 is 0. The van der Waals surface area contributed by atoms with E-state index in [4.69, 9.17) is 0 Å². The Kier molecular flexibility index (Phi) is 5.16. The highest BCUT2D eigenvalue weighted by atomic mass is 28.3. The molecular formula is C16H27NO2Si. The maximum absolute atomic E-state index is 11.4. The third-order valence-corrected chi connectivity index (χ3v) is 5.18. The van der Waals surface area contributed by atoms with E-state index in [1.807, 2.05) is 32.9 Å². The van der Waals surface area contributed by atoms with Gasteiger partial charge in [0, 0.05) is 5.54 Å². The summed E-state index contributed by atoms with van der Waals surface area (Å²) in [4.78, 5) is 11.4. The van der Waals surface area contributed by atoms with Crippen LogP contribution in [0.5, 0.6) is 0 Å². The molecule has 1 aromatic carbocycles. The number of hydrogen-bond acceptors (Lipinski definition) is 2. The molecule has 0 saturated heterocycles. The number of carboxylic acid groups (broad SMARTS) is 1. The largest absolute Gasteiger partial charge is 0.480 e. The molecule has 0 spiro atoms. The highest BCUT2D eigenvalue weighted by molar-refractivity contribution is 6.88. The van der Waals surface area contributed by atoms with E-state index in [1.165, 1.54) is 5.19 Å². The lowest BCUT2D eigenvalue weighted by atomic mass is 10.0. The van der Waals surface area contributed by atoms with Gasteiger partial charge in [0.25, 0.3) is 0 Å². The first-order valence-corrected chi connectivity index (χ1v) is 10.6. The van der Waals surface area contributed by atoms with Crippen LogP contribution in [0.3, 0.4) is 0 Å². The quantitative estimate of drug-likeness (QED) is 0.821. The molecule has 2 N–H and O–H groups in total. The molecule has 0 aromatic heterocycles. The molecule has 3 nitrogen and oxygen atoms in total. The number of rotatable bonds is 5. The Bertz CT molecular complexity index is 472. The van der Waals surface area contributed by atoms with Gasteiger partial charge in [0.1, 0.15) is 6.04 Å². The van der Waals surface area contributed by atoms with Crippen molar-refractivity contribution in [3.63, 3.8) is 0 Å². The van der Waals surface area contributed by atoms with Crippen LogP contribution in [0.25, 0.3) is 0 Å². The fourth-order valence-corrected chi connectivity index (χ4v) is 3.34. The molecule has 20 heavy (non-hydrogen) atoms. The molecule has 0 aliphatic carbocycles. The number of carboxylic acids is 1. The van der Waals surface area contributed by atoms with Crippen LogP contribution in [0.4, 0.5) is 0 Å². The van der Waals surface area contributed by atoms with E-state index in [9.17, 15) is 9.90 Å². The van der Waals surface area contributed by atoms with Crippen molar-refractivity contribution in [2.45, 2.75) is 58.4 Å². The third kappa shape index (κ3) is 5.47.